The number of nitrogens with two attached hydrogens (primary N) is 1. The summed E-state index contributed by atoms with van der Waals surface area (Å²) in [7, 11) is 0. The van der Waals surface area contributed by atoms with Gasteiger partial charge in [-0.2, -0.15) is 0 Å². The fourth-order valence-electron chi connectivity index (χ4n) is 2.79. The molecule has 2 rings (SSSR count). The van der Waals surface area contributed by atoms with E-state index in [0.29, 0.717) is 10.9 Å². The maximum absolute atomic E-state index is 11.8. The predicted octanol–water partition coefficient (Wildman–Crippen LogP) is 3.19. The number of carbonyl (C=O) groups is 1. The quantitative estimate of drug-likeness (QED) is 0.883. The van der Waals surface area contributed by atoms with Crippen molar-refractivity contribution in [2.45, 2.75) is 38.1 Å². The molecule has 0 heterocycles. The van der Waals surface area contributed by atoms with E-state index < -0.39 is 5.54 Å². The van der Waals surface area contributed by atoms with Crippen molar-refractivity contribution in [3.8, 4) is 0 Å². The smallest absolute Gasteiger partial charge is 0.243 e. The molecule has 0 aromatic heterocycles. The molecule has 0 aliphatic heterocycles. The van der Waals surface area contributed by atoms with Crippen LogP contribution in [0.2, 0.25) is 5.02 Å². The van der Waals surface area contributed by atoms with Crippen molar-refractivity contribution in [2.75, 3.05) is 5.32 Å². The first-order chi connectivity index (χ1) is 8.52. The van der Waals surface area contributed by atoms with E-state index in [9.17, 15) is 4.79 Å². The topological polar surface area (TPSA) is 55.1 Å². The first kappa shape index (κ1) is 13.2. The normalized spacial score (nSPS) is 27.8. The molecule has 1 amide bonds. The van der Waals surface area contributed by atoms with Crippen molar-refractivity contribution in [2.24, 2.45) is 11.7 Å². The maximum Gasteiger partial charge on any atom is 0.243 e. The molecule has 2 atom stereocenters. The number of primary amides is 1. The van der Waals surface area contributed by atoms with Crippen LogP contribution in [0.15, 0.2) is 24.3 Å². The lowest BCUT2D eigenvalue weighted by Crippen LogP contribution is -2.53. The highest BCUT2D eigenvalue weighted by Crippen LogP contribution is 2.35. The zero-order valence-electron chi connectivity index (χ0n) is 10.6. The summed E-state index contributed by atoms with van der Waals surface area (Å²) in [6.07, 6.45) is 3.76. The molecule has 0 radical (unpaired) electrons. The van der Waals surface area contributed by atoms with Crippen LogP contribution in [0.5, 0.6) is 0 Å². The molecule has 1 fully saturated rings. The molecule has 1 aliphatic rings. The summed E-state index contributed by atoms with van der Waals surface area (Å²) in [5.41, 5.74) is 5.85. The lowest BCUT2D eigenvalue weighted by molar-refractivity contribution is -0.123. The van der Waals surface area contributed by atoms with Gasteiger partial charge >= 0.3 is 0 Å². The summed E-state index contributed by atoms with van der Waals surface area (Å²) in [5.74, 6) is 0.243. The van der Waals surface area contributed by atoms with E-state index in [4.69, 9.17) is 17.3 Å². The van der Waals surface area contributed by atoms with Gasteiger partial charge in [-0.1, -0.05) is 37.4 Å². The predicted molar refractivity (Wildman–Crippen MR) is 74.6 cm³/mol. The maximum atomic E-state index is 11.8. The molecule has 1 aromatic carbocycles. The van der Waals surface area contributed by atoms with E-state index >= 15 is 0 Å². The fraction of sp³-hybridized carbons (Fsp3) is 0.500. The molecule has 1 aromatic rings. The Morgan fingerprint density at radius 1 is 1.56 bits per heavy atom. The highest BCUT2D eigenvalue weighted by molar-refractivity contribution is 6.30. The van der Waals surface area contributed by atoms with Crippen molar-refractivity contribution in [1.29, 1.82) is 0 Å². The number of rotatable bonds is 3. The van der Waals surface area contributed by atoms with Gasteiger partial charge in [-0.15, -0.1) is 0 Å². The number of hydrogen-bond donors (Lipinski definition) is 2. The number of nitrogens with one attached hydrogen (secondary N) is 1. The summed E-state index contributed by atoms with van der Waals surface area (Å²) < 4.78 is 0. The SMILES string of the molecule is CC1CCCC(Nc2cccc(Cl)c2)(C(N)=O)C1. The molecule has 4 heteroatoms. The Morgan fingerprint density at radius 3 is 2.94 bits per heavy atom. The summed E-state index contributed by atoms with van der Waals surface area (Å²) in [5, 5.41) is 3.96. The van der Waals surface area contributed by atoms with Crippen LogP contribution in [0.4, 0.5) is 5.69 Å². The van der Waals surface area contributed by atoms with E-state index in [0.717, 1.165) is 31.4 Å². The molecular formula is C14H19ClN2O. The van der Waals surface area contributed by atoms with Crippen LogP contribution < -0.4 is 11.1 Å². The Hall–Kier alpha value is -1.22. The lowest BCUT2D eigenvalue weighted by Gasteiger charge is -2.38. The Kier molecular flexibility index (Phi) is 3.81. The van der Waals surface area contributed by atoms with Crippen LogP contribution in [0.1, 0.15) is 32.6 Å². The Bertz CT molecular complexity index is 449. The number of benzene rings is 1. The highest BCUT2D eigenvalue weighted by atomic mass is 35.5. The van der Waals surface area contributed by atoms with Gasteiger partial charge in [-0.25, -0.2) is 0 Å². The molecule has 98 valence electrons. The van der Waals surface area contributed by atoms with Crippen LogP contribution >= 0.6 is 11.6 Å². The fourth-order valence-corrected chi connectivity index (χ4v) is 2.98. The number of carbonyl (C=O) groups excluding carboxylic acids is 1. The van der Waals surface area contributed by atoms with Gasteiger partial charge in [0.2, 0.25) is 5.91 Å². The minimum atomic E-state index is -0.623. The Labute approximate surface area is 113 Å². The zero-order valence-corrected chi connectivity index (χ0v) is 11.3. The molecule has 1 saturated carbocycles. The van der Waals surface area contributed by atoms with Gasteiger partial charge in [0.25, 0.3) is 0 Å². The average molecular weight is 267 g/mol. The summed E-state index contributed by atoms with van der Waals surface area (Å²) >= 11 is 5.96. The number of amides is 1. The average Bonchev–Trinajstić information content (AvgIpc) is 2.28. The molecule has 1 aliphatic carbocycles. The third-order valence-electron chi connectivity index (χ3n) is 3.68. The van der Waals surface area contributed by atoms with E-state index in [1.54, 1.807) is 0 Å². The minimum Gasteiger partial charge on any atom is -0.371 e. The second kappa shape index (κ2) is 5.19. The van der Waals surface area contributed by atoms with E-state index in [1.807, 2.05) is 24.3 Å². The molecule has 3 nitrogen and oxygen atoms in total. The summed E-state index contributed by atoms with van der Waals surface area (Å²) in [6, 6.07) is 7.42. The first-order valence-corrected chi connectivity index (χ1v) is 6.73. The van der Waals surface area contributed by atoms with Gasteiger partial charge in [0, 0.05) is 10.7 Å². The lowest BCUT2D eigenvalue weighted by atomic mass is 9.75. The highest BCUT2D eigenvalue weighted by Gasteiger charge is 2.40. The van der Waals surface area contributed by atoms with Gasteiger partial charge in [-0.3, -0.25) is 4.79 Å². The van der Waals surface area contributed by atoms with Crippen molar-refractivity contribution in [3.63, 3.8) is 0 Å². The van der Waals surface area contributed by atoms with E-state index in [-0.39, 0.29) is 5.91 Å². The van der Waals surface area contributed by atoms with E-state index in [2.05, 4.69) is 12.2 Å². The standard InChI is InChI=1S/C14H19ClN2O/c1-10-4-3-7-14(9-10,13(16)18)17-12-6-2-5-11(15)8-12/h2,5-6,8,10,17H,3-4,7,9H2,1H3,(H2,16,18). The third-order valence-corrected chi connectivity index (χ3v) is 3.91. The van der Waals surface area contributed by atoms with Crippen LogP contribution in [0, 0.1) is 5.92 Å². The van der Waals surface area contributed by atoms with Crippen LogP contribution in [0.3, 0.4) is 0 Å². The van der Waals surface area contributed by atoms with Crippen LogP contribution in [-0.2, 0) is 4.79 Å². The molecule has 2 unspecified atom stereocenters. The van der Waals surface area contributed by atoms with Gasteiger partial charge in [0.1, 0.15) is 5.54 Å². The number of anilines is 1. The molecule has 0 bridgehead atoms. The summed E-state index contributed by atoms with van der Waals surface area (Å²) in [4.78, 5) is 11.8. The molecule has 0 saturated heterocycles. The van der Waals surface area contributed by atoms with Crippen molar-refractivity contribution in [1.82, 2.24) is 0 Å². The van der Waals surface area contributed by atoms with Gasteiger partial charge in [0.15, 0.2) is 0 Å². The van der Waals surface area contributed by atoms with Crippen molar-refractivity contribution in [3.05, 3.63) is 29.3 Å². The number of hydrogen-bond acceptors (Lipinski definition) is 2. The van der Waals surface area contributed by atoms with Crippen molar-refractivity contribution < 1.29 is 4.79 Å². The van der Waals surface area contributed by atoms with Crippen LogP contribution in [0.25, 0.3) is 0 Å². The molecule has 18 heavy (non-hydrogen) atoms. The number of halogens is 1. The largest absolute Gasteiger partial charge is 0.371 e. The van der Waals surface area contributed by atoms with Gasteiger partial charge < -0.3 is 11.1 Å². The molecule has 3 N–H and O–H groups in total. The minimum absolute atomic E-state index is 0.269. The second-order valence-corrected chi connectivity index (χ2v) is 5.72. The molecular weight excluding hydrogens is 248 g/mol. The zero-order chi connectivity index (χ0) is 13.2. The van der Waals surface area contributed by atoms with E-state index in [1.165, 1.54) is 0 Å². The second-order valence-electron chi connectivity index (χ2n) is 5.28. The van der Waals surface area contributed by atoms with Crippen LogP contribution in [-0.4, -0.2) is 11.4 Å². The third kappa shape index (κ3) is 2.78. The Morgan fingerprint density at radius 2 is 2.33 bits per heavy atom. The van der Waals surface area contributed by atoms with Gasteiger partial charge in [-0.05, 0) is 37.0 Å². The first-order valence-electron chi connectivity index (χ1n) is 6.35. The van der Waals surface area contributed by atoms with Crippen molar-refractivity contribution >= 4 is 23.2 Å². The summed E-state index contributed by atoms with van der Waals surface area (Å²) in [6.45, 7) is 2.16. The Balaban J connectivity index is 2.23. The molecule has 0 spiro atoms. The monoisotopic (exact) mass is 266 g/mol. The van der Waals surface area contributed by atoms with Gasteiger partial charge in [0.05, 0.1) is 0 Å².